The van der Waals surface area contributed by atoms with Crippen LogP contribution in [0.2, 0.25) is 0 Å². The van der Waals surface area contributed by atoms with Gasteiger partial charge >= 0.3 is 0 Å². The van der Waals surface area contributed by atoms with Crippen molar-refractivity contribution in [1.29, 1.82) is 0 Å². The molecule has 3 N–H and O–H groups in total. The van der Waals surface area contributed by atoms with Crippen molar-refractivity contribution in [3.05, 3.63) is 27.3 Å². The normalized spacial score (nSPS) is 9.27. The van der Waals surface area contributed by atoms with Gasteiger partial charge in [-0.3, -0.25) is 10.6 Å². The van der Waals surface area contributed by atoms with Crippen LogP contribution in [-0.2, 0) is 0 Å². The third-order valence-electron chi connectivity index (χ3n) is 1.28. The molecule has 1 aromatic rings. The number of rotatable bonds is 2. The highest BCUT2D eigenvalue weighted by Crippen LogP contribution is 2.17. The maximum Gasteiger partial charge on any atom is 0.150 e. The summed E-state index contributed by atoms with van der Waals surface area (Å²) in [5.41, 5.74) is 4.01. The largest absolute Gasteiger partial charge is 0.323 e. The Balaban J connectivity index is 3.09. The van der Waals surface area contributed by atoms with Crippen molar-refractivity contribution in [2.75, 3.05) is 5.43 Å². The molecule has 0 spiro atoms. The number of hydrazine groups is 1. The zero-order valence-corrected chi connectivity index (χ0v) is 7.83. The molecule has 0 aliphatic rings. The molecule has 0 atom stereocenters. The highest BCUT2D eigenvalue weighted by Gasteiger charge is 1.97. The van der Waals surface area contributed by atoms with Crippen LogP contribution in [0.3, 0.4) is 0 Å². The lowest BCUT2D eigenvalue weighted by Gasteiger charge is -2.02. The average molecular weight is 262 g/mol. The molecule has 0 fully saturated rings. The Hall–Kier alpha value is -0.620. The van der Waals surface area contributed by atoms with Gasteiger partial charge in [-0.2, -0.15) is 0 Å². The average Bonchev–Trinajstić information content (AvgIpc) is 2.04. The van der Waals surface area contributed by atoms with Crippen LogP contribution < -0.4 is 11.3 Å². The molecule has 0 saturated heterocycles. The van der Waals surface area contributed by atoms with Crippen molar-refractivity contribution in [1.82, 2.24) is 0 Å². The van der Waals surface area contributed by atoms with E-state index in [0.29, 0.717) is 5.56 Å². The van der Waals surface area contributed by atoms with Gasteiger partial charge in [0.2, 0.25) is 0 Å². The zero-order chi connectivity index (χ0) is 8.27. The van der Waals surface area contributed by atoms with E-state index in [1.807, 2.05) is 0 Å². The van der Waals surface area contributed by atoms with Gasteiger partial charge in [-0.25, -0.2) is 0 Å². The molecule has 0 aliphatic heterocycles. The number of hydrogen-bond donors (Lipinski definition) is 2. The van der Waals surface area contributed by atoms with Crippen LogP contribution in [0.1, 0.15) is 10.4 Å². The predicted octanol–water partition coefficient (Wildman–Crippen LogP) is 1.39. The Morgan fingerprint density at radius 1 is 1.55 bits per heavy atom. The van der Waals surface area contributed by atoms with E-state index in [2.05, 4.69) is 28.0 Å². The van der Waals surface area contributed by atoms with Crippen molar-refractivity contribution in [2.24, 2.45) is 5.84 Å². The molecule has 1 aromatic carbocycles. The monoisotopic (exact) mass is 262 g/mol. The van der Waals surface area contributed by atoms with Gasteiger partial charge in [0.05, 0.1) is 5.69 Å². The zero-order valence-electron chi connectivity index (χ0n) is 5.67. The fourth-order valence-corrected chi connectivity index (χ4v) is 1.42. The molecule has 0 heterocycles. The van der Waals surface area contributed by atoms with Gasteiger partial charge < -0.3 is 5.43 Å². The summed E-state index contributed by atoms with van der Waals surface area (Å²) in [5, 5.41) is 0. The second kappa shape index (κ2) is 3.68. The van der Waals surface area contributed by atoms with E-state index in [4.69, 9.17) is 5.84 Å². The SMILES string of the molecule is NNc1ccc(C=O)cc1I. The van der Waals surface area contributed by atoms with Gasteiger partial charge in [0.25, 0.3) is 0 Å². The number of nitrogen functional groups attached to an aromatic ring is 1. The minimum Gasteiger partial charge on any atom is -0.323 e. The van der Waals surface area contributed by atoms with Gasteiger partial charge in [-0.05, 0) is 40.8 Å². The fourth-order valence-electron chi connectivity index (χ4n) is 0.722. The van der Waals surface area contributed by atoms with Crippen molar-refractivity contribution in [3.63, 3.8) is 0 Å². The Labute approximate surface area is 78.1 Å². The molecule has 0 saturated carbocycles. The second-order valence-electron chi connectivity index (χ2n) is 2.00. The van der Waals surface area contributed by atoms with E-state index < -0.39 is 0 Å². The van der Waals surface area contributed by atoms with E-state index >= 15 is 0 Å². The van der Waals surface area contributed by atoms with Crippen LogP contribution in [0.15, 0.2) is 18.2 Å². The Bertz CT molecular complexity index is 275. The number of nitrogens with two attached hydrogens (primary N) is 1. The molecule has 0 amide bonds. The second-order valence-corrected chi connectivity index (χ2v) is 3.16. The highest BCUT2D eigenvalue weighted by molar-refractivity contribution is 14.1. The predicted molar refractivity (Wildman–Crippen MR) is 52.4 cm³/mol. The molecule has 11 heavy (non-hydrogen) atoms. The summed E-state index contributed by atoms with van der Waals surface area (Å²) in [6.07, 6.45) is 0.808. The van der Waals surface area contributed by atoms with E-state index in [1.54, 1.807) is 18.2 Å². The third-order valence-corrected chi connectivity index (χ3v) is 2.18. The van der Waals surface area contributed by atoms with Gasteiger partial charge in [0.15, 0.2) is 0 Å². The Morgan fingerprint density at radius 2 is 2.27 bits per heavy atom. The van der Waals surface area contributed by atoms with Gasteiger partial charge in [0.1, 0.15) is 6.29 Å². The number of nitrogens with one attached hydrogen (secondary N) is 1. The first-order chi connectivity index (χ1) is 5.27. The molecule has 0 radical (unpaired) electrons. The molecule has 58 valence electrons. The number of aldehydes is 1. The summed E-state index contributed by atoms with van der Waals surface area (Å²) >= 11 is 2.11. The maximum atomic E-state index is 10.3. The summed E-state index contributed by atoms with van der Waals surface area (Å²) in [6, 6.07) is 5.25. The van der Waals surface area contributed by atoms with Gasteiger partial charge in [-0.1, -0.05) is 0 Å². The Kier molecular flexibility index (Phi) is 2.84. The highest BCUT2D eigenvalue weighted by atomic mass is 127. The number of halogens is 1. The summed E-state index contributed by atoms with van der Waals surface area (Å²) in [5.74, 6) is 5.20. The summed E-state index contributed by atoms with van der Waals surface area (Å²) in [6.45, 7) is 0. The summed E-state index contributed by atoms with van der Waals surface area (Å²) < 4.78 is 0.940. The molecule has 0 aliphatic carbocycles. The fraction of sp³-hybridized carbons (Fsp3) is 0. The minimum absolute atomic E-state index is 0.661. The van der Waals surface area contributed by atoms with Gasteiger partial charge in [0, 0.05) is 9.13 Å². The first kappa shape index (κ1) is 8.48. The van der Waals surface area contributed by atoms with E-state index in [9.17, 15) is 4.79 Å². The lowest BCUT2D eigenvalue weighted by Crippen LogP contribution is -2.08. The van der Waals surface area contributed by atoms with Gasteiger partial charge in [-0.15, -0.1) is 0 Å². The third kappa shape index (κ3) is 1.90. The maximum absolute atomic E-state index is 10.3. The molecule has 1 rings (SSSR count). The number of carbonyl (C=O) groups excluding carboxylic acids is 1. The standard InChI is InChI=1S/C7H7IN2O/c8-6-3-5(4-11)1-2-7(6)10-9/h1-4,10H,9H2. The van der Waals surface area contributed by atoms with Crippen LogP contribution >= 0.6 is 22.6 Å². The van der Waals surface area contributed by atoms with Crippen molar-refractivity contribution >= 4 is 34.6 Å². The molecule has 3 nitrogen and oxygen atoms in total. The Morgan fingerprint density at radius 3 is 2.73 bits per heavy atom. The number of anilines is 1. The molecule has 4 heteroatoms. The van der Waals surface area contributed by atoms with E-state index in [-0.39, 0.29) is 0 Å². The lowest BCUT2D eigenvalue weighted by atomic mass is 10.2. The quantitative estimate of drug-likeness (QED) is 0.366. The number of benzene rings is 1. The molecular weight excluding hydrogens is 255 g/mol. The topological polar surface area (TPSA) is 55.1 Å². The lowest BCUT2D eigenvalue weighted by molar-refractivity contribution is 0.112. The van der Waals surface area contributed by atoms with Crippen molar-refractivity contribution in [3.8, 4) is 0 Å². The van der Waals surface area contributed by atoms with Crippen molar-refractivity contribution in [2.45, 2.75) is 0 Å². The summed E-state index contributed by atoms with van der Waals surface area (Å²) in [4.78, 5) is 10.3. The van der Waals surface area contributed by atoms with E-state index in [0.717, 1.165) is 15.5 Å². The summed E-state index contributed by atoms with van der Waals surface area (Å²) in [7, 11) is 0. The number of hydrogen-bond acceptors (Lipinski definition) is 3. The van der Waals surface area contributed by atoms with Crippen LogP contribution in [0.25, 0.3) is 0 Å². The molecular formula is C7H7IN2O. The molecule has 0 aromatic heterocycles. The smallest absolute Gasteiger partial charge is 0.150 e. The van der Waals surface area contributed by atoms with Crippen LogP contribution in [0.4, 0.5) is 5.69 Å². The molecule has 0 bridgehead atoms. The number of carbonyl (C=O) groups is 1. The molecule has 0 unspecified atom stereocenters. The minimum atomic E-state index is 0.661. The first-order valence-electron chi connectivity index (χ1n) is 2.99. The van der Waals surface area contributed by atoms with Crippen LogP contribution in [0.5, 0.6) is 0 Å². The van der Waals surface area contributed by atoms with Crippen LogP contribution in [0, 0.1) is 3.57 Å². The van der Waals surface area contributed by atoms with Crippen LogP contribution in [-0.4, -0.2) is 6.29 Å². The first-order valence-corrected chi connectivity index (χ1v) is 4.07. The van der Waals surface area contributed by atoms with E-state index in [1.165, 1.54) is 0 Å². The van der Waals surface area contributed by atoms with Crippen molar-refractivity contribution < 1.29 is 4.79 Å².